The summed E-state index contributed by atoms with van der Waals surface area (Å²) in [5, 5.41) is 4.76. The van der Waals surface area contributed by atoms with Gasteiger partial charge in [-0.25, -0.2) is 0 Å². The summed E-state index contributed by atoms with van der Waals surface area (Å²) in [6.45, 7) is 6.60. The number of hydrogen-bond donors (Lipinski definition) is 1. The van der Waals surface area contributed by atoms with Crippen molar-refractivity contribution in [2.24, 2.45) is 0 Å². The number of furan rings is 1. The number of likely N-dealkylation sites (N-methyl/N-ethyl adjacent to an activating group) is 1. The Balaban J connectivity index is 1.74. The highest BCUT2D eigenvalue weighted by Gasteiger charge is 2.16. The van der Waals surface area contributed by atoms with Crippen LogP contribution in [0.1, 0.15) is 36.0 Å². The number of nitrogens with one attached hydrogen (secondary N) is 1. The van der Waals surface area contributed by atoms with Gasteiger partial charge in [0.15, 0.2) is 5.76 Å². The number of fused-ring (bicyclic) bond motifs is 3. The van der Waals surface area contributed by atoms with Crippen molar-refractivity contribution in [2.45, 2.75) is 26.7 Å². The summed E-state index contributed by atoms with van der Waals surface area (Å²) >= 11 is 0. The smallest absolute Gasteiger partial charge is 0.287 e. The lowest BCUT2D eigenvalue weighted by Crippen LogP contribution is -2.33. The van der Waals surface area contributed by atoms with Crippen molar-refractivity contribution >= 4 is 27.8 Å². The van der Waals surface area contributed by atoms with Crippen LogP contribution in [0.3, 0.4) is 0 Å². The monoisotopic (exact) mass is 339 g/mol. The van der Waals surface area contributed by atoms with Gasteiger partial charge in [-0.2, -0.15) is 0 Å². The van der Waals surface area contributed by atoms with Crippen molar-refractivity contribution in [2.75, 3.05) is 26.7 Å². The molecule has 0 saturated carbocycles. The summed E-state index contributed by atoms with van der Waals surface area (Å²) in [7, 11) is 2.07. The molecule has 1 N–H and O–H groups in total. The fraction of sp³-hybridized carbons (Fsp3) is 0.400. The maximum atomic E-state index is 12.4. The number of amides is 1. The standard InChI is InChI=1S/C20H25N3O2/c1-4-5-11-23(3)12-10-21-20(24)18-13-16-14(2)22-17-9-7-6-8-15(17)19(16)25-18/h6-9,13H,4-5,10-12H2,1-3H3,(H,21,24). The normalized spacial score (nSPS) is 11.5. The van der Waals surface area contributed by atoms with Crippen LogP contribution in [0.2, 0.25) is 0 Å². The first kappa shape index (κ1) is 17.4. The molecule has 0 aliphatic rings. The predicted octanol–water partition coefficient (Wildman–Crippen LogP) is 3.75. The Morgan fingerprint density at radius 3 is 2.84 bits per heavy atom. The zero-order valence-electron chi connectivity index (χ0n) is 15.1. The van der Waals surface area contributed by atoms with E-state index in [-0.39, 0.29) is 5.91 Å². The van der Waals surface area contributed by atoms with Crippen molar-refractivity contribution < 1.29 is 9.21 Å². The van der Waals surface area contributed by atoms with Crippen molar-refractivity contribution in [3.63, 3.8) is 0 Å². The van der Waals surface area contributed by atoms with E-state index in [2.05, 4.69) is 29.2 Å². The SMILES string of the molecule is CCCCN(C)CCNC(=O)c1cc2c(C)nc3ccccc3c2o1. The average molecular weight is 339 g/mol. The molecule has 3 aromatic rings. The van der Waals surface area contributed by atoms with E-state index in [4.69, 9.17) is 4.42 Å². The van der Waals surface area contributed by atoms with E-state index in [1.165, 1.54) is 12.8 Å². The molecule has 0 aliphatic heterocycles. The van der Waals surface area contributed by atoms with Crippen molar-refractivity contribution in [1.82, 2.24) is 15.2 Å². The summed E-state index contributed by atoms with van der Waals surface area (Å²) in [4.78, 5) is 19.2. The van der Waals surface area contributed by atoms with E-state index in [0.717, 1.165) is 40.7 Å². The zero-order valence-corrected chi connectivity index (χ0v) is 15.1. The van der Waals surface area contributed by atoms with Gasteiger partial charge in [0.2, 0.25) is 0 Å². The number of benzene rings is 1. The fourth-order valence-electron chi connectivity index (χ4n) is 2.96. The van der Waals surface area contributed by atoms with E-state index < -0.39 is 0 Å². The number of rotatable bonds is 7. The third-order valence-electron chi connectivity index (χ3n) is 4.45. The Morgan fingerprint density at radius 1 is 1.24 bits per heavy atom. The van der Waals surface area contributed by atoms with Gasteiger partial charge in [0.25, 0.3) is 5.91 Å². The van der Waals surface area contributed by atoms with Crippen LogP contribution in [-0.4, -0.2) is 42.5 Å². The van der Waals surface area contributed by atoms with Gasteiger partial charge in [0, 0.05) is 29.6 Å². The Kier molecular flexibility index (Phi) is 5.34. The summed E-state index contributed by atoms with van der Waals surface area (Å²) in [5.41, 5.74) is 2.48. The van der Waals surface area contributed by atoms with E-state index in [0.29, 0.717) is 12.3 Å². The van der Waals surface area contributed by atoms with Crippen LogP contribution in [0.15, 0.2) is 34.7 Å². The number of hydrogen-bond acceptors (Lipinski definition) is 4. The molecule has 0 bridgehead atoms. The van der Waals surface area contributed by atoms with Gasteiger partial charge in [-0.1, -0.05) is 25.5 Å². The number of aromatic nitrogens is 1. The second kappa shape index (κ2) is 7.66. The quantitative estimate of drug-likeness (QED) is 0.712. The van der Waals surface area contributed by atoms with E-state index in [1.807, 2.05) is 31.2 Å². The maximum absolute atomic E-state index is 12.4. The number of aryl methyl sites for hydroxylation is 1. The summed E-state index contributed by atoms with van der Waals surface area (Å²) in [6, 6.07) is 9.62. The average Bonchev–Trinajstić information content (AvgIpc) is 3.06. The van der Waals surface area contributed by atoms with Gasteiger partial charge in [-0.05, 0) is 45.1 Å². The highest BCUT2D eigenvalue weighted by atomic mass is 16.3. The number of pyridine rings is 1. The molecule has 0 fully saturated rings. The number of para-hydroxylation sites is 1. The first-order chi connectivity index (χ1) is 12.1. The van der Waals surface area contributed by atoms with Gasteiger partial charge in [0.1, 0.15) is 5.58 Å². The Morgan fingerprint density at radius 2 is 2.04 bits per heavy atom. The number of carbonyl (C=O) groups is 1. The van der Waals surface area contributed by atoms with E-state index in [1.54, 1.807) is 6.07 Å². The molecule has 0 saturated heterocycles. The molecule has 2 heterocycles. The molecule has 5 nitrogen and oxygen atoms in total. The molecule has 1 amide bonds. The molecule has 25 heavy (non-hydrogen) atoms. The van der Waals surface area contributed by atoms with Gasteiger partial charge < -0.3 is 14.6 Å². The first-order valence-corrected chi connectivity index (χ1v) is 8.85. The largest absolute Gasteiger partial charge is 0.450 e. The molecule has 132 valence electrons. The third kappa shape index (κ3) is 3.82. The first-order valence-electron chi connectivity index (χ1n) is 8.85. The maximum Gasteiger partial charge on any atom is 0.287 e. The highest BCUT2D eigenvalue weighted by Crippen LogP contribution is 2.28. The highest BCUT2D eigenvalue weighted by molar-refractivity contribution is 6.06. The van der Waals surface area contributed by atoms with Crippen LogP contribution in [0.25, 0.3) is 21.9 Å². The van der Waals surface area contributed by atoms with Crippen LogP contribution >= 0.6 is 0 Å². The minimum absolute atomic E-state index is 0.177. The zero-order chi connectivity index (χ0) is 17.8. The van der Waals surface area contributed by atoms with Gasteiger partial charge in [0.05, 0.1) is 5.52 Å². The third-order valence-corrected chi connectivity index (χ3v) is 4.45. The lowest BCUT2D eigenvalue weighted by atomic mass is 10.1. The molecule has 0 radical (unpaired) electrons. The second-order valence-electron chi connectivity index (χ2n) is 6.48. The lowest BCUT2D eigenvalue weighted by Gasteiger charge is -2.15. The minimum atomic E-state index is -0.177. The Labute approximate surface area is 148 Å². The number of nitrogens with zero attached hydrogens (tertiary/aromatic N) is 2. The second-order valence-corrected chi connectivity index (χ2v) is 6.48. The summed E-state index contributed by atoms with van der Waals surface area (Å²) in [5.74, 6) is 0.163. The molecule has 3 rings (SSSR count). The van der Waals surface area contributed by atoms with Crippen LogP contribution < -0.4 is 5.32 Å². The molecule has 0 unspecified atom stereocenters. The fourth-order valence-corrected chi connectivity index (χ4v) is 2.96. The summed E-state index contributed by atoms with van der Waals surface area (Å²) < 4.78 is 5.88. The van der Waals surface area contributed by atoms with Crippen LogP contribution in [-0.2, 0) is 0 Å². The molecule has 5 heteroatoms. The number of unbranched alkanes of at least 4 members (excludes halogenated alkanes) is 1. The van der Waals surface area contributed by atoms with Crippen molar-refractivity contribution in [3.05, 3.63) is 41.8 Å². The van der Waals surface area contributed by atoms with Crippen LogP contribution in [0.4, 0.5) is 0 Å². The molecule has 0 spiro atoms. The predicted molar refractivity (Wildman–Crippen MR) is 101 cm³/mol. The molecular weight excluding hydrogens is 314 g/mol. The lowest BCUT2D eigenvalue weighted by molar-refractivity contribution is 0.0924. The van der Waals surface area contributed by atoms with Gasteiger partial charge >= 0.3 is 0 Å². The van der Waals surface area contributed by atoms with Crippen LogP contribution in [0, 0.1) is 6.92 Å². The van der Waals surface area contributed by atoms with Crippen molar-refractivity contribution in [1.29, 1.82) is 0 Å². The Hall–Kier alpha value is -2.40. The Bertz CT molecular complexity index is 885. The topological polar surface area (TPSA) is 58.4 Å². The molecule has 2 aromatic heterocycles. The van der Waals surface area contributed by atoms with Gasteiger partial charge in [-0.15, -0.1) is 0 Å². The van der Waals surface area contributed by atoms with Gasteiger partial charge in [-0.3, -0.25) is 9.78 Å². The number of carbonyl (C=O) groups excluding carboxylic acids is 1. The molecular formula is C20H25N3O2. The molecule has 0 aliphatic carbocycles. The van der Waals surface area contributed by atoms with Crippen molar-refractivity contribution in [3.8, 4) is 0 Å². The molecule has 1 aromatic carbocycles. The summed E-state index contributed by atoms with van der Waals surface area (Å²) in [6.07, 6.45) is 2.35. The minimum Gasteiger partial charge on any atom is -0.450 e. The van der Waals surface area contributed by atoms with E-state index in [9.17, 15) is 4.79 Å². The van der Waals surface area contributed by atoms with E-state index >= 15 is 0 Å². The molecule has 0 atom stereocenters. The van der Waals surface area contributed by atoms with Crippen LogP contribution in [0.5, 0.6) is 0 Å².